The lowest BCUT2D eigenvalue weighted by atomic mass is 9.89. The van der Waals surface area contributed by atoms with Gasteiger partial charge in [0.05, 0.1) is 18.0 Å². The summed E-state index contributed by atoms with van der Waals surface area (Å²) in [7, 11) is 0. The van der Waals surface area contributed by atoms with Gasteiger partial charge in [-0.15, -0.1) is 0 Å². The van der Waals surface area contributed by atoms with Crippen LogP contribution in [0.15, 0.2) is 91.0 Å². The van der Waals surface area contributed by atoms with Crippen LogP contribution in [0.4, 0.5) is 4.79 Å². The molecule has 3 aromatic rings. The minimum Gasteiger partial charge on any atom is -0.455 e. The molecular formula is C26H26N2O3. The van der Waals surface area contributed by atoms with E-state index in [1.54, 1.807) is 0 Å². The number of hydrogen-bond acceptors (Lipinski definition) is 3. The van der Waals surface area contributed by atoms with E-state index in [4.69, 9.17) is 4.74 Å². The van der Waals surface area contributed by atoms with Crippen LogP contribution in [0.3, 0.4) is 0 Å². The lowest BCUT2D eigenvalue weighted by Crippen LogP contribution is -2.47. The van der Waals surface area contributed by atoms with Crippen molar-refractivity contribution in [2.75, 3.05) is 0 Å². The molecule has 0 aromatic heterocycles. The number of rotatable bonds is 6. The highest BCUT2D eigenvalue weighted by Gasteiger charge is 2.46. The van der Waals surface area contributed by atoms with Gasteiger partial charge in [-0.3, -0.25) is 4.79 Å². The summed E-state index contributed by atoms with van der Waals surface area (Å²) in [6, 6.07) is 28.2. The van der Waals surface area contributed by atoms with Crippen molar-refractivity contribution >= 4 is 12.0 Å². The number of carbonyl (C=O) groups is 2. The van der Waals surface area contributed by atoms with Gasteiger partial charge in [0.25, 0.3) is 0 Å². The van der Waals surface area contributed by atoms with Crippen LogP contribution in [0.5, 0.6) is 0 Å². The van der Waals surface area contributed by atoms with Gasteiger partial charge in [-0.05, 0) is 30.0 Å². The summed E-state index contributed by atoms with van der Waals surface area (Å²) in [5.74, 6) is -0.760. The second-order valence-electron chi connectivity index (χ2n) is 7.84. The standard InChI is InChI=1S/C26H26N2O3/c1-18(20-13-7-3-8-14-20)27-26(30)28-23-22(17-19-11-5-2-6-12-19)25(29)31-24(23)21-15-9-4-10-16-21/h2-16,18,22-24H,17H2,1H3,(H2,27,28,30)/t18-,22-,23-,24+/m0/s1. The number of amides is 2. The smallest absolute Gasteiger partial charge is 0.315 e. The number of hydrogen-bond donors (Lipinski definition) is 2. The predicted octanol–water partition coefficient (Wildman–Crippen LogP) is 4.57. The minimum atomic E-state index is -0.528. The molecule has 0 spiro atoms. The van der Waals surface area contributed by atoms with E-state index in [0.717, 1.165) is 16.7 Å². The molecule has 1 saturated heterocycles. The van der Waals surface area contributed by atoms with Gasteiger partial charge in [-0.25, -0.2) is 4.79 Å². The molecule has 1 heterocycles. The SMILES string of the molecule is C[C@H](NC(=O)N[C@H]1[C@H](Cc2ccccc2)C(=O)O[C@@H]1c1ccccc1)c1ccccc1. The van der Waals surface area contributed by atoms with Crippen molar-refractivity contribution in [2.24, 2.45) is 5.92 Å². The predicted molar refractivity (Wildman–Crippen MR) is 119 cm³/mol. The Morgan fingerprint density at radius 1 is 0.903 bits per heavy atom. The minimum absolute atomic E-state index is 0.165. The highest BCUT2D eigenvalue weighted by atomic mass is 16.6. The van der Waals surface area contributed by atoms with Crippen LogP contribution in [0.25, 0.3) is 0 Å². The molecule has 1 fully saturated rings. The highest BCUT2D eigenvalue weighted by Crippen LogP contribution is 2.35. The van der Waals surface area contributed by atoms with E-state index in [1.165, 1.54) is 0 Å². The number of esters is 1. The molecule has 31 heavy (non-hydrogen) atoms. The maximum atomic E-state index is 12.9. The fourth-order valence-electron chi connectivity index (χ4n) is 4.03. The van der Waals surface area contributed by atoms with Gasteiger partial charge in [0.15, 0.2) is 0 Å². The van der Waals surface area contributed by atoms with Crippen molar-refractivity contribution in [3.8, 4) is 0 Å². The molecule has 5 heteroatoms. The second kappa shape index (κ2) is 9.47. The number of ether oxygens (including phenoxy) is 1. The van der Waals surface area contributed by atoms with Gasteiger partial charge >= 0.3 is 12.0 Å². The third kappa shape index (κ3) is 4.94. The number of benzene rings is 3. The average molecular weight is 415 g/mol. The van der Waals surface area contributed by atoms with E-state index in [0.29, 0.717) is 6.42 Å². The van der Waals surface area contributed by atoms with Crippen molar-refractivity contribution in [3.63, 3.8) is 0 Å². The van der Waals surface area contributed by atoms with Gasteiger partial charge in [0.2, 0.25) is 0 Å². The van der Waals surface area contributed by atoms with Crippen molar-refractivity contribution < 1.29 is 14.3 Å². The van der Waals surface area contributed by atoms with Crippen molar-refractivity contribution in [1.82, 2.24) is 10.6 Å². The molecule has 0 radical (unpaired) electrons. The third-order valence-electron chi connectivity index (χ3n) is 5.68. The van der Waals surface area contributed by atoms with Gasteiger partial charge in [-0.2, -0.15) is 0 Å². The van der Waals surface area contributed by atoms with E-state index in [9.17, 15) is 9.59 Å². The number of carbonyl (C=O) groups excluding carboxylic acids is 2. The first-order valence-corrected chi connectivity index (χ1v) is 10.5. The Hall–Kier alpha value is -3.60. The highest BCUT2D eigenvalue weighted by molar-refractivity contribution is 5.80. The first-order valence-electron chi connectivity index (χ1n) is 10.5. The largest absolute Gasteiger partial charge is 0.455 e. The third-order valence-corrected chi connectivity index (χ3v) is 5.68. The van der Waals surface area contributed by atoms with E-state index in [-0.39, 0.29) is 18.0 Å². The number of nitrogens with one attached hydrogen (secondary N) is 2. The zero-order valence-corrected chi connectivity index (χ0v) is 17.4. The molecule has 4 rings (SSSR count). The lowest BCUT2D eigenvalue weighted by Gasteiger charge is -2.24. The average Bonchev–Trinajstić information content (AvgIpc) is 3.10. The summed E-state index contributed by atoms with van der Waals surface area (Å²) in [5.41, 5.74) is 2.91. The first-order chi connectivity index (χ1) is 15.1. The summed E-state index contributed by atoms with van der Waals surface area (Å²) in [6.45, 7) is 1.93. The van der Waals surface area contributed by atoms with Crippen LogP contribution >= 0.6 is 0 Å². The van der Waals surface area contributed by atoms with E-state index in [1.807, 2.05) is 97.9 Å². The fraction of sp³-hybridized carbons (Fsp3) is 0.231. The Morgan fingerprint density at radius 3 is 2.13 bits per heavy atom. The molecule has 3 aromatic carbocycles. The summed E-state index contributed by atoms with van der Waals surface area (Å²) >= 11 is 0. The summed E-state index contributed by atoms with van der Waals surface area (Å²) in [6.07, 6.45) is -0.0254. The summed E-state index contributed by atoms with van der Waals surface area (Å²) < 4.78 is 5.75. The summed E-state index contributed by atoms with van der Waals surface area (Å²) in [4.78, 5) is 25.7. The Labute approximate surface area is 182 Å². The Balaban J connectivity index is 1.54. The first kappa shape index (κ1) is 20.7. The Bertz CT molecular complexity index is 1010. The quantitative estimate of drug-likeness (QED) is 0.581. The molecule has 0 unspecified atom stereocenters. The Kier molecular flexibility index (Phi) is 6.32. The van der Waals surface area contributed by atoms with Crippen LogP contribution in [-0.2, 0) is 16.0 Å². The van der Waals surface area contributed by atoms with Crippen molar-refractivity contribution in [1.29, 1.82) is 0 Å². The maximum absolute atomic E-state index is 12.9. The lowest BCUT2D eigenvalue weighted by molar-refractivity contribution is -0.144. The van der Waals surface area contributed by atoms with Crippen LogP contribution in [0.2, 0.25) is 0 Å². The fourth-order valence-corrected chi connectivity index (χ4v) is 4.03. The van der Waals surface area contributed by atoms with Crippen LogP contribution in [0, 0.1) is 5.92 Å². The van der Waals surface area contributed by atoms with E-state index < -0.39 is 18.1 Å². The molecule has 2 N–H and O–H groups in total. The summed E-state index contributed by atoms with van der Waals surface area (Å²) in [5, 5.41) is 6.01. The van der Waals surface area contributed by atoms with Crippen LogP contribution < -0.4 is 10.6 Å². The van der Waals surface area contributed by atoms with Crippen molar-refractivity contribution in [3.05, 3.63) is 108 Å². The Morgan fingerprint density at radius 2 is 1.48 bits per heavy atom. The molecular weight excluding hydrogens is 388 g/mol. The van der Waals surface area contributed by atoms with E-state index >= 15 is 0 Å². The van der Waals surface area contributed by atoms with Gasteiger partial charge < -0.3 is 15.4 Å². The van der Waals surface area contributed by atoms with Crippen molar-refractivity contribution in [2.45, 2.75) is 31.5 Å². The molecule has 1 aliphatic heterocycles. The monoisotopic (exact) mass is 414 g/mol. The number of cyclic esters (lactones) is 1. The zero-order valence-electron chi connectivity index (χ0n) is 17.4. The maximum Gasteiger partial charge on any atom is 0.315 e. The molecule has 0 aliphatic carbocycles. The zero-order chi connectivity index (χ0) is 21.6. The molecule has 0 bridgehead atoms. The van der Waals surface area contributed by atoms with Gasteiger partial charge in [-0.1, -0.05) is 91.0 Å². The topological polar surface area (TPSA) is 67.4 Å². The molecule has 2 amide bonds. The van der Waals surface area contributed by atoms with Crippen LogP contribution in [0.1, 0.15) is 35.8 Å². The molecule has 4 atom stereocenters. The van der Waals surface area contributed by atoms with E-state index in [2.05, 4.69) is 10.6 Å². The number of urea groups is 1. The molecule has 0 saturated carbocycles. The molecule has 1 aliphatic rings. The van der Waals surface area contributed by atoms with Crippen LogP contribution in [-0.4, -0.2) is 18.0 Å². The van der Waals surface area contributed by atoms with Gasteiger partial charge in [0.1, 0.15) is 6.10 Å². The van der Waals surface area contributed by atoms with Gasteiger partial charge in [0, 0.05) is 0 Å². The normalized spacial score (nSPS) is 21.2. The molecule has 5 nitrogen and oxygen atoms in total. The second-order valence-corrected chi connectivity index (χ2v) is 7.84. The molecule has 158 valence electrons.